The molecule has 0 N–H and O–H groups in total. The van der Waals surface area contributed by atoms with E-state index in [0.29, 0.717) is 5.92 Å². The average molecular weight is 246 g/mol. The lowest BCUT2D eigenvalue weighted by Gasteiger charge is -2.03. The molecular formula is C17H14N2. The summed E-state index contributed by atoms with van der Waals surface area (Å²) in [4.78, 5) is 0. The van der Waals surface area contributed by atoms with Gasteiger partial charge in [-0.25, -0.2) is 4.68 Å². The minimum Gasteiger partial charge on any atom is -0.236 e. The van der Waals surface area contributed by atoms with Crippen molar-refractivity contribution in [1.82, 2.24) is 9.78 Å². The number of hydrogen-bond donors (Lipinski definition) is 0. The van der Waals surface area contributed by atoms with Crippen molar-refractivity contribution in [2.45, 2.75) is 12.8 Å². The van der Waals surface area contributed by atoms with Crippen molar-refractivity contribution in [2.75, 3.05) is 0 Å². The molecule has 1 unspecified atom stereocenters. The van der Waals surface area contributed by atoms with Crippen LogP contribution in [0.3, 0.4) is 0 Å². The van der Waals surface area contributed by atoms with E-state index in [-0.39, 0.29) is 0 Å². The van der Waals surface area contributed by atoms with Gasteiger partial charge in [-0.1, -0.05) is 55.5 Å². The highest BCUT2D eigenvalue weighted by Gasteiger charge is 2.27. The van der Waals surface area contributed by atoms with Crippen LogP contribution in [0.15, 0.2) is 60.7 Å². The molecule has 4 rings (SSSR count). The van der Waals surface area contributed by atoms with Gasteiger partial charge in [0, 0.05) is 11.5 Å². The molecule has 0 radical (unpaired) electrons. The molecule has 0 spiro atoms. The maximum Gasteiger partial charge on any atom is 0.0930 e. The Morgan fingerprint density at radius 2 is 1.68 bits per heavy atom. The van der Waals surface area contributed by atoms with E-state index in [4.69, 9.17) is 5.10 Å². The smallest absolute Gasteiger partial charge is 0.0930 e. The van der Waals surface area contributed by atoms with Crippen molar-refractivity contribution in [1.29, 1.82) is 0 Å². The average Bonchev–Trinajstić information content (AvgIpc) is 3.01. The predicted octanol–water partition coefficient (Wildman–Crippen LogP) is 4.00. The second kappa shape index (κ2) is 3.82. The van der Waals surface area contributed by atoms with Crippen LogP contribution in [0.1, 0.15) is 24.1 Å². The maximum absolute atomic E-state index is 4.77. The molecular weight excluding hydrogens is 232 g/mol. The Kier molecular flexibility index (Phi) is 2.12. The Bertz CT molecular complexity index is 741. The molecule has 1 atom stereocenters. The van der Waals surface area contributed by atoms with Gasteiger partial charge >= 0.3 is 0 Å². The SMILES string of the molecule is CC1c2ccccc2-n2nc(-c3ccccc3)cc21. The Labute approximate surface area is 112 Å². The van der Waals surface area contributed by atoms with Gasteiger partial charge in [-0.3, -0.25) is 0 Å². The van der Waals surface area contributed by atoms with Crippen LogP contribution in [0.25, 0.3) is 16.9 Å². The van der Waals surface area contributed by atoms with Gasteiger partial charge in [-0.15, -0.1) is 0 Å². The summed E-state index contributed by atoms with van der Waals surface area (Å²) in [5, 5.41) is 4.77. The van der Waals surface area contributed by atoms with Crippen LogP contribution >= 0.6 is 0 Å². The number of nitrogens with zero attached hydrogens (tertiary/aromatic N) is 2. The quantitative estimate of drug-likeness (QED) is 0.634. The Morgan fingerprint density at radius 1 is 0.947 bits per heavy atom. The van der Waals surface area contributed by atoms with Crippen LogP contribution in [-0.2, 0) is 0 Å². The van der Waals surface area contributed by atoms with Gasteiger partial charge in [0.1, 0.15) is 0 Å². The molecule has 19 heavy (non-hydrogen) atoms. The Hall–Kier alpha value is -2.35. The zero-order valence-electron chi connectivity index (χ0n) is 10.7. The van der Waals surface area contributed by atoms with E-state index in [0.717, 1.165) is 5.69 Å². The van der Waals surface area contributed by atoms with Gasteiger partial charge in [0.15, 0.2) is 0 Å². The lowest BCUT2D eigenvalue weighted by molar-refractivity contribution is 0.834. The fraction of sp³-hybridized carbons (Fsp3) is 0.118. The zero-order chi connectivity index (χ0) is 12.8. The van der Waals surface area contributed by atoms with Crippen LogP contribution in [0, 0.1) is 0 Å². The van der Waals surface area contributed by atoms with Crippen LogP contribution < -0.4 is 0 Å². The summed E-state index contributed by atoms with van der Waals surface area (Å²) in [5.41, 5.74) is 6.09. The summed E-state index contributed by atoms with van der Waals surface area (Å²) in [7, 11) is 0. The molecule has 0 amide bonds. The molecule has 2 nitrogen and oxygen atoms in total. The van der Waals surface area contributed by atoms with Gasteiger partial charge in [-0.2, -0.15) is 5.10 Å². The highest BCUT2D eigenvalue weighted by atomic mass is 15.3. The third kappa shape index (κ3) is 1.46. The number of benzene rings is 2. The second-order valence-electron chi connectivity index (χ2n) is 5.01. The highest BCUT2D eigenvalue weighted by molar-refractivity contribution is 5.63. The third-order valence-corrected chi connectivity index (χ3v) is 3.88. The topological polar surface area (TPSA) is 17.8 Å². The molecule has 0 fully saturated rings. The first-order valence-corrected chi connectivity index (χ1v) is 6.59. The van der Waals surface area contributed by atoms with E-state index < -0.39 is 0 Å². The standard InChI is InChI=1S/C17H14N2/c1-12-14-9-5-6-10-16(14)19-17(12)11-15(18-19)13-7-3-2-4-8-13/h2-12H,1H3. The second-order valence-corrected chi connectivity index (χ2v) is 5.01. The van der Waals surface area contributed by atoms with E-state index in [1.807, 2.05) is 6.07 Å². The molecule has 2 heteroatoms. The van der Waals surface area contributed by atoms with Gasteiger partial charge in [0.2, 0.25) is 0 Å². The normalized spacial score (nSPS) is 16.2. The predicted molar refractivity (Wildman–Crippen MR) is 76.5 cm³/mol. The fourth-order valence-electron chi connectivity index (χ4n) is 2.85. The Balaban J connectivity index is 1.90. The van der Waals surface area contributed by atoms with Crippen molar-refractivity contribution in [2.24, 2.45) is 0 Å². The minimum atomic E-state index is 0.418. The first-order valence-electron chi connectivity index (χ1n) is 6.59. The molecule has 2 heterocycles. The van der Waals surface area contributed by atoms with Gasteiger partial charge < -0.3 is 0 Å². The molecule has 0 saturated heterocycles. The zero-order valence-corrected chi connectivity index (χ0v) is 10.7. The summed E-state index contributed by atoms with van der Waals surface area (Å²) in [6.07, 6.45) is 0. The molecule has 0 aliphatic carbocycles. The molecule has 1 aromatic heterocycles. The number of fused-ring (bicyclic) bond motifs is 3. The lowest BCUT2D eigenvalue weighted by Crippen LogP contribution is -1.94. The first-order chi connectivity index (χ1) is 9.34. The van der Waals surface area contributed by atoms with Crippen molar-refractivity contribution in [3.05, 3.63) is 71.9 Å². The Morgan fingerprint density at radius 3 is 2.53 bits per heavy atom. The van der Waals surface area contributed by atoms with Crippen molar-refractivity contribution in [3.63, 3.8) is 0 Å². The van der Waals surface area contributed by atoms with E-state index in [1.165, 1.54) is 22.5 Å². The van der Waals surface area contributed by atoms with E-state index in [1.54, 1.807) is 0 Å². The largest absolute Gasteiger partial charge is 0.236 e. The molecule has 3 aromatic rings. The van der Waals surface area contributed by atoms with Crippen molar-refractivity contribution in [3.8, 4) is 16.9 Å². The fourth-order valence-corrected chi connectivity index (χ4v) is 2.85. The minimum absolute atomic E-state index is 0.418. The number of hydrogen-bond acceptors (Lipinski definition) is 1. The summed E-state index contributed by atoms with van der Waals surface area (Å²) >= 11 is 0. The summed E-state index contributed by atoms with van der Waals surface area (Å²) in [6.45, 7) is 2.24. The first kappa shape index (κ1) is 10.6. The summed E-state index contributed by atoms with van der Waals surface area (Å²) in [5.74, 6) is 0.418. The maximum atomic E-state index is 4.77. The highest BCUT2D eigenvalue weighted by Crippen LogP contribution is 2.38. The number of rotatable bonds is 1. The molecule has 0 bridgehead atoms. The van der Waals surface area contributed by atoms with Crippen LogP contribution in [0.2, 0.25) is 0 Å². The van der Waals surface area contributed by atoms with E-state index in [2.05, 4.69) is 66.2 Å². The van der Waals surface area contributed by atoms with Crippen LogP contribution in [-0.4, -0.2) is 9.78 Å². The van der Waals surface area contributed by atoms with Gasteiger partial charge in [0.05, 0.1) is 17.1 Å². The monoisotopic (exact) mass is 246 g/mol. The van der Waals surface area contributed by atoms with Crippen LogP contribution in [0.4, 0.5) is 0 Å². The van der Waals surface area contributed by atoms with E-state index in [9.17, 15) is 0 Å². The third-order valence-electron chi connectivity index (χ3n) is 3.88. The van der Waals surface area contributed by atoms with Crippen molar-refractivity contribution >= 4 is 0 Å². The molecule has 92 valence electrons. The molecule has 1 aliphatic rings. The molecule has 2 aromatic carbocycles. The summed E-state index contributed by atoms with van der Waals surface area (Å²) in [6, 6.07) is 21.1. The number of para-hydroxylation sites is 1. The van der Waals surface area contributed by atoms with Gasteiger partial charge in [-0.05, 0) is 17.7 Å². The summed E-state index contributed by atoms with van der Waals surface area (Å²) < 4.78 is 2.09. The van der Waals surface area contributed by atoms with Crippen molar-refractivity contribution < 1.29 is 0 Å². The molecule has 1 aliphatic heterocycles. The van der Waals surface area contributed by atoms with E-state index >= 15 is 0 Å². The van der Waals surface area contributed by atoms with Gasteiger partial charge in [0.25, 0.3) is 0 Å². The van der Waals surface area contributed by atoms with Crippen LogP contribution in [0.5, 0.6) is 0 Å². The molecule has 0 saturated carbocycles. The lowest BCUT2D eigenvalue weighted by atomic mass is 9.99. The number of aromatic nitrogens is 2.